The van der Waals surface area contributed by atoms with Gasteiger partial charge < -0.3 is 15.2 Å². The number of hydrogen-bond acceptors (Lipinski definition) is 5. The summed E-state index contributed by atoms with van der Waals surface area (Å²) < 4.78 is 29.6. The zero-order valence-electron chi connectivity index (χ0n) is 14.0. The fourth-order valence-corrected chi connectivity index (χ4v) is 3.02. The average molecular weight is 413 g/mol. The molecule has 0 aliphatic heterocycles. The number of carbonyl (C=O) groups is 2. The smallest absolute Gasteiger partial charge is 0.335 e. The number of para-hydroxylation sites is 1. The maximum Gasteiger partial charge on any atom is 0.335 e. The number of amides is 1. The van der Waals surface area contributed by atoms with Gasteiger partial charge in [0.15, 0.2) is 5.75 Å². The molecule has 0 aromatic heterocycles. The van der Waals surface area contributed by atoms with E-state index in [2.05, 4.69) is 5.32 Å². The van der Waals surface area contributed by atoms with E-state index in [0.717, 1.165) is 12.1 Å². The van der Waals surface area contributed by atoms with Gasteiger partial charge in [0, 0.05) is 12.3 Å². The minimum Gasteiger partial charge on any atom is -0.478 e. The lowest BCUT2D eigenvalue weighted by atomic mass is 10.1. The Labute approximate surface area is 160 Å². The second-order valence-corrected chi connectivity index (χ2v) is 7.36. The summed E-state index contributed by atoms with van der Waals surface area (Å²) in [4.78, 5) is 22.9. The molecule has 0 heterocycles. The van der Waals surface area contributed by atoms with Crippen LogP contribution in [-0.4, -0.2) is 31.3 Å². The zero-order valence-corrected chi connectivity index (χ0v) is 15.6. The largest absolute Gasteiger partial charge is 0.478 e. The molecular weight excluding hydrogens is 396 g/mol. The molecule has 144 valence electrons. The number of anilines is 1. The Bertz CT molecular complexity index is 947. The number of hydrogen-bond donors (Lipinski definition) is 3. The molecule has 10 heteroatoms. The molecule has 0 aliphatic carbocycles. The number of halogens is 1. The molecule has 0 radical (unpaired) electrons. The van der Waals surface area contributed by atoms with E-state index in [9.17, 15) is 23.1 Å². The van der Waals surface area contributed by atoms with Crippen LogP contribution in [0.2, 0.25) is 0 Å². The number of nitrogens with two attached hydrogens (primary N) is 1. The molecule has 0 aliphatic rings. The lowest BCUT2D eigenvalue weighted by Crippen LogP contribution is -2.18. The van der Waals surface area contributed by atoms with E-state index < -0.39 is 26.8 Å². The standard InChI is InChI=1S/C17H17ClN2O6S/c18-8-4-7-15(21)20-13-9-11(17(22)23)10-14(27(19,24)25)16(13)26-12-5-2-1-3-6-12/h1-3,5-6,9-10H,4,7-8H2,(H,20,21)(H,22,23)(H2,19,24,25). The van der Waals surface area contributed by atoms with Crippen molar-refractivity contribution in [3.8, 4) is 11.5 Å². The van der Waals surface area contributed by atoms with Gasteiger partial charge in [0.2, 0.25) is 15.9 Å². The third-order valence-corrected chi connectivity index (χ3v) is 4.57. The summed E-state index contributed by atoms with van der Waals surface area (Å²) in [5.41, 5.74) is -0.491. The van der Waals surface area contributed by atoms with Crippen LogP contribution in [-0.2, 0) is 14.8 Å². The fraction of sp³-hybridized carbons (Fsp3) is 0.176. The van der Waals surface area contributed by atoms with Crippen molar-refractivity contribution < 1.29 is 27.9 Å². The second-order valence-electron chi connectivity index (χ2n) is 5.46. The number of ether oxygens (including phenoxy) is 1. The van der Waals surface area contributed by atoms with Crippen molar-refractivity contribution in [2.24, 2.45) is 5.14 Å². The van der Waals surface area contributed by atoms with Gasteiger partial charge in [0.1, 0.15) is 10.6 Å². The third-order valence-electron chi connectivity index (χ3n) is 3.38. The molecule has 0 saturated carbocycles. The van der Waals surface area contributed by atoms with Crippen LogP contribution in [0.1, 0.15) is 23.2 Å². The Kier molecular flexibility index (Phi) is 6.78. The maximum atomic E-state index is 12.1. The van der Waals surface area contributed by atoms with Crippen LogP contribution >= 0.6 is 11.6 Å². The summed E-state index contributed by atoms with van der Waals surface area (Å²) in [7, 11) is -4.35. The summed E-state index contributed by atoms with van der Waals surface area (Å²) in [5.74, 6) is -1.59. The van der Waals surface area contributed by atoms with Gasteiger partial charge in [0.05, 0.1) is 11.3 Å². The third kappa shape index (κ3) is 5.68. The van der Waals surface area contributed by atoms with Gasteiger partial charge in [-0.1, -0.05) is 18.2 Å². The van der Waals surface area contributed by atoms with E-state index in [1.807, 2.05) is 0 Å². The number of carboxylic acid groups (broad SMARTS) is 1. The topological polar surface area (TPSA) is 136 Å². The molecule has 0 fully saturated rings. The van der Waals surface area contributed by atoms with Crippen LogP contribution in [0.3, 0.4) is 0 Å². The highest BCUT2D eigenvalue weighted by Crippen LogP contribution is 2.37. The number of carboxylic acids is 1. The maximum absolute atomic E-state index is 12.1. The van der Waals surface area contributed by atoms with Gasteiger partial charge in [-0.25, -0.2) is 18.4 Å². The predicted molar refractivity (Wildman–Crippen MR) is 99.9 cm³/mol. The molecule has 0 unspecified atom stereocenters. The van der Waals surface area contributed by atoms with Gasteiger partial charge in [-0.05, 0) is 30.7 Å². The van der Waals surface area contributed by atoms with E-state index in [-0.39, 0.29) is 35.1 Å². The van der Waals surface area contributed by atoms with Crippen LogP contribution < -0.4 is 15.2 Å². The van der Waals surface area contributed by atoms with Gasteiger partial charge in [-0.15, -0.1) is 11.6 Å². The van der Waals surface area contributed by atoms with E-state index >= 15 is 0 Å². The van der Waals surface area contributed by atoms with E-state index in [0.29, 0.717) is 6.42 Å². The van der Waals surface area contributed by atoms with Crippen molar-refractivity contribution in [1.29, 1.82) is 0 Å². The molecule has 2 aromatic carbocycles. The summed E-state index contributed by atoms with van der Waals surface area (Å²) in [6.07, 6.45) is 0.458. The number of benzene rings is 2. The predicted octanol–water partition coefficient (Wildman–Crippen LogP) is 2.78. The van der Waals surface area contributed by atoms with Crippen molar-refractivity contribution in [3.05, 3.63) is 48.0 Å². The molecule has 8 nitrogen and oxygen atoms in total. The first-order valence-electron chi connectivity index (χ1n) is 7.75. The summed E-state index contributed by atoms with van der Waals surface area (Å²) in [5, 5.41) is 16.9. The first-order chi connectivity index (χ1) is 12.7. The lowest BCUT2D eigenvalue weighted by Gasteiger charge is -2.16. The molecule has 27 heavy (non-hydrogen) atoms. The van der Waals surface area contributed by atoms with E-state index in [4.69, 9.17) is 21.5 Å². The fourth-order valence-electron chi connectivity index (χ4n) is 2.18. The molecule has 2 aromatic rings. The molecule has 0 spiro atoms. The Morgan fingerprint density at radius 1 is 1.19 bits per heavy atom. The van der Waals surface area contributed by atoms with Gasteiger partial charge in [0.25, 0.3) is 0 Å². The number of alkyl halides is 1. The highest BCUT2D eigenvalue weighted by molar-refractivity contribution is 7.89. The van der Waals surface area contributed by atoms with Crippen LogP contribution in [0.25, 0.3) is 0 Å². The van der Waals surface area contributed by atoms with Crippen LogP contribution in [0, 0.1) is 0 Å². The Morgan fingerprint density at radius 2 is 1.85 bits per heavy atom. The molecule has 1 amide bonds. The van der Waals surface area contributed by atoms with Crippen LogP contribution in [0.4, 0.5) is 5.69 Å². The monoisotopic (exact) mass is 412 g/mol. The molecule has 4 N–H and O–H groups in total. The average Bonchev–Trinajstić information content (AvgIpc) is 2.61. The molecular formula is C17H17ClN2O6S. The first kappa shape index (κ1) is 20.7. The highest BCUT2D eigenvalue weighted by Gasteiger charge is 2.24. The Hall–Kier alpha value is -2.62. The molecule has 0 atom stereocenters. The van der Waals surface area contributed by atoms with Crippen LogP contribution in [0.15, 0.2) is 47.4 Å². The molecule has 2 rings (SSSR count). The molecule has 0 saturated heterocycles. The van der Waals surface area contributed by atoms with E-state index in [1.54, 1.807) is 30.3 Å². The normalized spacial score (nSPS) is 11.0. The van der Waals surface area contributed by atoms with Crippen molar-refractivity contribution in [3.63, 3.8) is 0 Å². The zero-order chi connectivity index (χ0) is 20.0. The number of primary sulfonamides is 1. The van der Waals surface area contributed by atoms with Crippen molar-refractivity contribution in [1.82, 2.24) is 0 Å². The van der Waals surface area contributed by atoms with Crippen molar-refractivity contribution >= 4 is 39.2 Å². The number of aromatic carboxylic acids is 1. The Morgan fingerprint density at radius 3 is 2.41 bits per heavy atom. The summed E-state index contributed by atoms with van der Waals surface area (Å²) >= 11 is 5.56. The lowest BCUT2D eigenvalue weighted by molar-refractivity contribution is -0.116. The second kappa shape index (κ2) is 8.85. The summed E-state index contributed by atoms with van der Waals surface area (Å²) in [6, 6.07) is 10.2. The van der Waals surface area contributed by atoms with Gasteiger partial charge >= 0.3 is 5.97 Å². The highest BCUT2D eigenvalue weighted by atomic mass is 35.5. The van der Waals surface area contributed by atoms with Gasteiger partial charge in [-0.2, -0.15) is 0 Å². The quantitative estimate of drug-likeness (QED) is 0.570. The molecule has 0 bridgehead atoms. The minimum absolute atomic E-state index is 0.0658. The number of nitrogens with one attached hydrogen (secondary N) is 1. The van der Waals surface area contributed by atoms with Crippen molar-refractivity contribution in [2.75, 3.05) is 11.2 Å². The van der Waals surface area contributed by atoms with Crippen LogP contribution in [0.5, 0.6) is 11.5 Å². The number of sulfonamides is 1. The SMILES string of the molecule is NS(=O)(=O)c1cc(C(=O)O)cc(NC(=O)CCCCl)c1Oc1ccccc1. The number of rotatable bonds is 8. The Balaban J connectivity index is 2.60. The minimum atomic E-state index is -4.35. The summed E-state index contributed by atoms with van der Waals surface area (Å²) in [6.45, 7) is 0. The van der Waals surface area contributed by atoms with Gasteiger partial charge in [-0.3, -0.25) is 4.79 Å². The van der Waals surface area contributed by atoms with E-state index in [1.165, 1.54) is 0 Å². The first-order valence-corrected chi connectivity index (χ1v) is 9.83. The van der Waals surface area contributed by atoms with Crippen molar-refractivity contribution in [2.45, 2.75) is 17.7 Å². The number of carbonyl (C=O) groups excluding carboxylic acids is 1.